The van der Waals surface area contributed by atoms with Crippen molar-refractivity contribution in [1.29, 1.82) is 5.26 Å². The van der Waals surface area contributed by atoms with Gasteiger partial charge in [-0.1, -0.05) is 0 Å². The molecule has 0 aromatic rings. The summed E-state index contributed by atoms with van der Waals surface area (Å²) in [6.07, 6.45) is 0.643. The van der Waals surface area contributed by atoms with Crippen LogP contribution in [0.2, 0.25) is 0 Å². The van der Waals surface area contributed by atoms with Crippen LogP contribution in [0.4, 0.5) is 0 Å². The van der Waals surface area contributed by atoms with E-state index in [1.807, 2.05) is 6.07 Å². The standard InChI is InChI=1S/C6H10N2O2S/c7-2-3-8-6-1-4-11(9,10)5-6/h6,8H,1,3-5H2. The van der Waals surface area contributed by atoms with E-state index in [1.165, 1.54) is 0 Å². The molecule has 0 amide bonds. The summed E-state index contributed by atoms with van der Waals surface area (Å²) in [5, 5.41) is 11.0. The number of hydrogen-bond acceptors (Lipinski definition) is 4. The molecule has 1 aliphatic rings. The van der Waals surface area contributed by atoms with E-state index in [2.05, 4.69) is 5.32 Å². The topological polar surface area (TPSA) is 70.0 Å². The van der Waals surface area contributed by atoms with Crippen LogP contribution >= 0.6 is 0 Å². The minimum absolute atomic E-state index is 0.000324. The average Bonchev–Trinajstić information content (AvgIpc) is 2.26. The summed E-state index contributed by atoms with van der Waals surface area (Å²) >= 11 is 0. The zero-order valence-corrected chi connectivity index (χ0v) is 6.89. The molecular weight excluding hydrogens is 164 g/mol. The van der Waals surface area contributed by atoms with E-state index in [9.17, 15) is 8.42 Å². The predicted molar refractivity (Wildman–Crippen MR) is 40.7 cm³/mol. The van der Waals surface area contributed by atoms with Gasteiger partial charge in [0, 0.05) is 6.04 Å². The van der Waals surface area contributed by atoms with E-state index in [4.69, 9.17) is 5.26 Å². The van der Waals surface area contributed by atoms with Crippen LogP contribution in [-0.4, -0.2) is 32.5 Å². The summed E-state index contributed by atoms with van der Waals surface area (Å²) in [6, 6.07) is 1.92. The fourth-order valence-electron chi connectivity index (χ4n) is 1.15. The van der Waals surface area contributed by atoms with Gasteiger partial charge in [0.1, 0.15) is 0 Å². The number of hydrogen-bond donors (Lipinski definition) is 1. The molecule has 1 heterocycles. The van der Waals surface area contributed by atoms with Gasteiger partial charge in [-0.2, -0.15) is 5.26 Å². The molecule has 0 aliphatic carbocycles. The molecular formula is C6H10N2O2S. The lowest BCUT2D eigenvalue weighted by atomic mass is 10.3. The first-order valence-electron chi connectivity index (χ1n) is 3.45. The predicted octanol–water partition coefficient (Wildman–Crippen LogP) is -0.713. The summed E-state index contributed by atoms with van der Waals surface area (Å²) in [6.45, 7) is 0.236. The van der Waals surface area contributed by atoms with Gasteiger partial charge >= 0.3 is 0 Å². The Labute approximate surface area is 66.1 Å². The first kappa shape index (κ1) is 8.50. The molecule has 5 heteroatoms. The Kier molecular flexibility index (Phi) is 2.47. The summed E-state index contributed by atoms with van der Waals surface area (Å²) in [5.74, 6) is 0.449. The van der Waals surface area contributed by atoms with Crippen LogP contribution < -0.4 is 5.32 Å². The lowest BCUT2D eigenvalue weighted by Crippen LogP contribution is -2.30. The Hall–Kier alpha value is -0.600. The highest BCUT2D eigenvalue weighted by molar-refractivity contribution is 7.91. The zero-order chi connectivity index (χ0) is 8.32. The molecule has 0 aromatic heterocycles. The number of nitrogens with one attached hydrogen (secondary N) is 1. The molecule has 1 aliphatic heterocycles. The Morgan fingerprint density at radius 2 is 2.36 bits per heavy atom. The van der Waals surface area contributed by atoms with E-state index in [0.29, 0.717) is 6.42 Å². The summed E-state index contributed by atoms with van der Waals surface area (Å²) < 4.78 is 21.8. The largest absolute Gasteiger partial charge is 0.301 e. The molecule has 1 fully saturated rings. The normalized spacial score (nSPS) is 28.1. The SMILES string of the molecule is N#CCNC1CCS(=O)(=O)C1. The lowest BCUT2D eigenvalue weighted by Gasteiger charge is -2.04. The molecule has 4 nitrogen and oxygen atoms in total. The van der Waals surface area contributed by atoms with Gasteiger partial charge < -0.3 is 5.32 Å². The summed E-state index contributed by atoms with van der Waals surface area (Å²) in [4.78, 5) is 0. The molecule has 1 rings (SSSR count). The highest BCUT2D eigenvalue weighted by Crippen LogP contribution is 2.10. The van der Waals surface area contributed by atoms with E-state index in [0.717, 1.165) is 0 Å². The van der Waals surface area contributed by atoms with Crippen molar-refractivity contribution >= 4 is 9.84 Å². The fourth-order valence-corrected chi connectivity index (χ4v) is 2.85. The molecule has 0 radical (unpaired) electrons. The first-order valence-corrected chi connectivity index (χ1v) is 5.27. The van der Waals surface area contributed by atoms with Gasteiger partial charge in [-0.25, -0.2) is 8.42 Å². The van der Waals surface area contributed by atoms with Crippen molar-refractivity contribution in [3.05, 3.63) is 0 Å². The molecule has 0 aromatic carbocycles. The molecule has 0 spiro atoms. The third-order valence-corrected chi connectivity index (χ3v) is 3.47. The van der Waals surface area contributed by atoms with E-state index < -0.39 is 9.84 Å². The van der Waals surface area contributed by atoms with Gasteiger partial charge in [0.05, 0.1) is 24.1 Å². The summed E-state index contributed by atoms with van der Waals surface area (Å²) in [7, 11) is -2.80. The summed E-state index contributed by atoms with van der Waals surface area (Å²) in [5.41, 5.74) is 0. The molecule has 1 saturated heterocycles. The Morgan fingerprint density at radius 3 is 2.82 bits per heavy atom. The maximum Gasteiger partial charge on any atom is 0.151 e. The zero-order valence-electron chi connectivity index (χ0n) is 6.08. The van der Waals surface area contributed by atoms with Gasteiger partial charge in [-0.15, -0.1) is 0 Å². The molecule has 62 valence electrons. The maximum absolute atomic E-state index is 10.9. The minimum atomic E-state index is -2.80. The molecule has 0 bridgehead atoms. The van der Waals surface area contributed by atoms with Crippen LogP contribution in [0.15, 0.2) is 0 Å². The monoisotopic (exact) mass is 174 g/mol. The van der Waals surface area contributed by atoms with Gasteiger partial charge in [0.25, 0.3) is 0 Å². The Balaban J connectivity index is 2.38. The minimum Gasteiger partial charge on any atom is -0.301 e. The highest BCUT2D eigenvalue weighted by atomic mass is 32.2. The smallest absolute Gasteiger partial charge is 0.151 e. The molecule has 1 atom stereocenters. The number of nitriles is 1. The fraction of sp³-hybridized carbons (Fsp3) is 0.833. The van der Waals surface area contributed by atoms with Crippen molar-refractivity contribution < 1.29 is 8.42 Å². The van der Waals surface area contributed by atoms with Crippen LogP contribution in [0.25, 0.3) is 0 Å². The van der Waals surface area contributed by atoms with Gasteiger partial charge in [-0.3, -0.25) is 0 Å². The molecule has 0 saturated carbocycles. The van der Waals surface area contributed by atoms with Crippen molar-refractivity contribution in [2.24, 2.45) is 0 Å². The van der Waals surface area contributed by atoms with Crippen molar-refractivity contribution in [3.63, 3.8) is 0 Å². The van der Waals surface area contributed by atoms with Crippen LogP contribution in [0.1, 0.15) is 6.42 Å². The first-order chi connectivity index (χ1) is 5.14. The average molecular weight is 174 g/mol. The van der Waals surface area contributed by atoms with Crippen LogP contribution in [-0.2, 0) is 9.84 Å². The molecule has 1 N–H and O–H groups in total. The Morgan fingerprint density at radius 1 is 1.64 bits per heavy atom. The molecule has 11 heavy (non-hydrogen) atoms. The van der Waals surface area contributed by atoms with Crippen LogP contribution in [0.5, 0.6) is 0 Å². The number of sulfone groups is 1. The van der Waals surface area contributed by atoms with Crippen molar-refractivity contribution in [1.82, 2.24) is 5.32 Å². The van der Waals surface area contributed by atoms with Gasteiger partial charge in [-0.05, 0) is 6.42 Å². The lowest BCUT2D eigenvalue weighted by molar-refractivity contribution is 0.586. The third kappa shape index (κ3) is 2.48. The van der Waals surface area contributed by atoms with Gasteiger partial charge in [0.2, 0.25) is 0 Å². The van der Waals surface area contributed by atoms with E-state index in [1.54, 1.807) is 0 Å². The number of nitrogens with zero attached hydrogens (tertiary/aromatic N) is 1. The van der Waals surface area contributed by atoms with Crippen molar-refractivity contribution in [2.75, 3.05) is 18.1 Å². The van der Waals surface area contributed by atoms with Crippen molar-refractivity contribution in [2.45, 2.75) is 12.5 Å². The maximum atomic E-state index is 10.9. The van der Waals surface area contributed by atoms with E-state index in [-0.39, 0.29) is 24.1 Å². The Bertz CT molecular complexity index is 265. The van der Waals surface area contributed by atoms with Gasteiger partial charge in [0.15, 0.2) is 9.84 Å². The van der Waals surface area contributed by atoms with Crippen LogP contribution in [0, 0.1) is 11.3 Å². The highest BCUT2D eigenvalue weighted by Gasteiger charge is 2.26. The second kappa shape index (κ2) is 3.20. The molecule has 1 unspecified atom stereocenters. The number of rotatable bonds is 2. The second-order valence-electron chi connectivity index (χ2n) is 2.64. The second-order valence-corrected chi connectivity index (χ2v) is 4.87. The van der Waals surface area contributed by atoms with E-state index >= 15 is 0 Å². The third-order valence-electron chi connectivity index (χ3n) is 1.70. The van der Waals surface area contributed by atoms with Crippen molar-refractivity contribution in [3.8, 4) is 6.07 Å². The van der Waals surface area contributed by atoms with Crippen LogP contribution in [0.3, 0.4) is 0 Å². The quantitative estimate of drug-likeness (QED) is 0.561.